The van der Waals surface area contributed by atoms with Crippen molar-refractivity contribution < 1.29 is 19.5 Å². The zero-order valence-corrected chi connectivity index (χ0v) is 15.1. The van der Waals surface area contributed by atoms with Crippen LogP contribution in [0.1, 0.15) is 29.3 Å². The van der Waals surface area contributed by atoms with Crippen molar-refractivity contribution in [3.05, 3.63) is 59.7 Å². The third kappa shape index (κ3) is 6.25. The van der Waals surface area contributed by atoms with E-state index in [0.29, 0.717) is 29.1 Å². The van der Waals surface area contributed by atoms with Crippen LogP contribution in [0.4, 0.5) is 11.4 Å². The van der Waals surface area contributed by atoms with Gasteiger partial charge in [-0.2, -0.15) is 0 Å². The minimum Gasteiger partial charge on any atom is -0.481 e. The summed E-state index contributed by atoms with van der Waals surface area (Å²) in [4.78, 5) is 34.1. The van der Waals surface area contributed by atoms with Crippen LogP contribution in [-0.2, 0) is 15.3 Å². The van der Waals surface area contributed by atoms with Gasteiger partial charge in [-0.1, -0.05) is 19.1 Å². The molecular weight excluding hydrogens is 352 g/mol. The Morgan fingerprint density at radius 3 is 2.08 bits per heavy atom. The zero-order valence-electron chi connectivity index (χ0n) is 14.3. The summed E-state index contributed by atoms with van der Waals surface area (Å²) in [7, 11) is 0. The van der Waals surface area contributed by atoms with Crippen molar-refractivity contribution in [3.63, 3.8) is 0 Å². The number of aliphatic carboxylic acids is 1. The second kappa shape index (κ2) is 9.62. The van der Waals surface area contributed by atoms with Crippen LogP contribution in [0.3, 0.4) is 0 Å². The highest BCUT2D eigenvalue weighted by molar-refractivity contribution is 7.99. The van der Waals surface area contributed by atoms with Crippen LogP contribution >= 0.6 is 11.8 Å². The summed E-state index contributed by atoms with van der Waals surface area (Å²) in [6, 6.07) is 13.9. The topological polar surface area (TPSA) is 95.5 Å². The van der Waals surface area contributed by atoms with Crippen LogP contribution in [0.25, 0.3) is 0 Å². The van der Waals surface area contributed by atoms with E-state index in [0.717, 1.165) is 5.56 Å². The first-order valence-corrected chi connectivity index (χ1v) is 9.23. The van der Waals surface area contributed by atoms with E-state index in [2.05, 4.69) is 10.6 Å². The second-order valence-corrected chi connectivity index (χ2v) is 6.50. The van der Waals surface area contributed by atoms with Gasteiger partial charge in [0.1, 0.15) is 0 Å². The molecule has 0 heterocycles. The average Bonchev–Trinajstić information content (AvgIpc) is 2.63. The van der Waals surface area contributed by atoms with Crippen LogP contribution < -0.4 is 10.6 Å². The van der Waals surface area contributed by atoms with Gasteiger partial charge in [0, 0.05) is 29.1 Å². The second-order valence-electron chi connectivity index (χ2n) is 5.52. The highest BCUT2D eigenvalue weighted by Gasteiger charge is 2.07. The molecule has 0 aliphatic carbocycles. The molecule has 7 heteroatoms. The molecule has 0 spiro atoms. The minimum atomic E-state index is -0.834. The molecule has 6 nitrogen and oxygen atoms in total. The largest absolute Gasteiger partial charge is 0.481 e. The number of hydrogen-bond acceptors (Lipinski definition) is 4. The number of rotatable bonds is 8. The van der Waals surface area contributed by atoms with Gasteiger partial charge in [-0.05, 0) is 42.0 Å². The molecule has 0 unspecified atom stereocenters. The Labute approximate surface area is 156 Å². The molecule has 0 aliphatic heterocycles. The van der Waals surface area contributed by atoms with Crippen LogP contribution in [0, 0.1) is 0 Å². The van der Waals surface area contributed by atoms with Crippen LogP contribution in [0.5, 0.6) is 0 Å². The average molecular weight is 372 g/mol. The van der Waals surface area contributed by atoms with Crippen molar-refractivity contribution >= 4 is 40.9 Å². The van der Waals surface area contributed by atoms with E-state index >= 15 is 0 Å². The Morgan fingerprint density at radius 2 is 1.50 bits per heavy atom. The molecule has 136 valence electrons. The maximum absolute atomic E-state index is 12.3. The lowest BCUT2D eigenvalue weighted by atomic mass is 10.1. The van der Waals surface area contributed by atoms with Gasteiger partial charge in [0.15, 0.2) is 0 Å². The third-order valence-corrected chi connectivity index (χ3v) is 4.45. The van der Waals surface area contributed by atoms with Crippen molar-refractivity contribution in [3.8, 4) is 0 Å². The number of nitrogens with one attached hydrogen (secondary N) is 2. The predicted molar refractivity (Wildman–Crippen MR) is 104 cm³/mol. The Balaban J connectivity index is 1.90. The fourth-order valence-corrected chi connectivity index (χ4v) is 2.80. The van der Waals surface area contributed by atoms with Crippen molar-refractivity contribution in [1.82, 2.24) is 0 Å². The summed E-state index contributed by atoms with van der Waals surface area (Å²) < 4.78 is 0. The molecular formula is C19H20N2O4S. The van der Waals surface area contributed by atoms with E-state index < -0.39 is 5.97 Å². The Morgan fingerprint density at radius 1 is 0.923 bits per heavy atom. The normalized spacial score (nSPS) is 10.2. The van der Waals surface area contributed by atoms with Gasteiger partial charge in [-0.25, -0.2) is 0 Å². The van der Waals surface area contributed by atoms with Gasteiger partial charge in [0.05, 0.1) is 5.75 Å². The number of carbonyl (C=O) groups is 3. The fourth-order valence-electron chi connectivity index (χ4n) is 2.10. The first kappa shape index (κ1) is 19.5. The van der Waals surface area contributed by atoms with Crippen molar-refractivity contribution in [2.24, 2.45) is 0 Å². The maximum atomic E-state index is 12.3. The summed E-state index contributed by atoms with van der Waals surface area (Å²) >= 11 is 1.32. The SMILES string of the molecule is CCC(=O)Nc1ccc(C(=O)Nc2ccc(CSCC(=O)O)cc2)cc1. The number of anilines is 2. The lowest BCUT2D eigenvalue weighted by molar-refractivity contribution is -0.133. The fraction of sp³-hybridized carbons (Fsp3) is 0.211. The van der Waals surface area contributed by atoms with E-state index in [9.17, 15) is 14.4 Å². The zero-order chi connectivity index (χ0) is 18.9. The number of hydrogen-bond donors (Lipinski definition) is 3. The lowest BCUT2D eigenvalue weighted by Crippen LogP contribution is -2.13. The highest BCUT2D eigenvalue weighted by atomic mass is 32.2. The van der Waals surface area contributed by atoms with Gasteiger partial charge in [0.2, 0.25) is 5.91 Å². The van der Waals surface area contributed by atoms with Gasteiger partial charge in [0.25, 0.3) is 5.91 Å². The molecule has 2 rings (SSSR count). The lowest BCUT2D eigenvalue weighted by Gasteiger charge is -2.08. The molecule has 2 aromatic carbocycles. The van der Waals surface area contributed by atoms with Crippen molar-refractivity contribution in [2.75, 3.05) is 16.4 Å². The highest BCUT2D eigenvalue weighted by Crippen LogP contribution is 2.17. The predicted octanol–water partition coefficient (Wildman–Crippen LogP) is 3.61. The maximum Gasteiger partial charge on any atom is 0.313 e. The summed E-state index contributed by atoms with van der Waals surface area (Å²) in [6.45, 7) is 1.77. The number of amides is 2. The van der Waals surface area contributed by atoms with Gasteiger partial charge in [-0.3, -0.25) is 14.4 Å². The molecule has 26 heavy (non-hydrogen) atoms. The summed E-state index contributed by atoms with van der Waals surface area (Å²) in [5.41, 5.74) is 2.79. The molecule has 0 saturated heterocycles. The van der Waals surface area contributed by atoms with Crippen molar-refractivity contribution in [2.45, 2.75) is 19.1 Å². The molecule has 0 fully saturated rings. The van der Waals surface area contributed by atoms with Gasteiger partial charge < -0.3 is 15.7 Å². The van der Waals surface area contributed by atoms with E-state index in [1.54, 1.807) is 43.3 Å². The Bertz CT molecular complexity index is 773. The molecule has 0 aromatic heterocycles. The molecule has 0 saturated carbocycles. The van der Waals surface area contributed by atoms with E-state index in [4.69, 9.17) is 5.11 Å². The van der Waals surface area contributed by atoms with E-state index in [-0.39, 0.29) is 17.6 Å². The van der Waals surface area contributed by atoms with Crippen LogP contribution in [0.15, 0.2) is 48.5 Å². The van der Waals surface area contributed by atoms with E-state index in [1.165, 1.54) is 11.8 Å². The Kier molecular flexibility index (Phi) is 7.23. The number of carbonyl (C=O) groups excluding carboxylic acids is 2. The Hall–Kier alpha value is -2.80. The quantitative estimate of drug-likeness (QED) is 0.658. The van der Waals surface area contributed by atoms with Crippen LogP contribution in [-0.4, -0.2) is 28.6 Å². The summed E-state index contributed by atoms with van der Waals surface area (Å²) in [5.74, 6) is -0.493. The van der Waals surface area contributed by atoms with Gasteiger partial charge in [-0.15, -0.1) is 11.8 Å². The summed E-state index contributed by atoms with van der Waals surface area (Å²) in [5, 5.41) is 14.2. The standard InChI is InChI=1S/C19H20N2O4S/c1-2-17(22)20-15-9-5-14(6-10-15)19(25)21-16-7-3-13(4-8-16)11-26-12-18(23)24/h3-10H,2,11-12H2,1H3,(H,20,22)(H,21,25)(H,23,24). The smallest absolute Gasteiger partial charge is 0.313 e. The van der Waals surface area contributed by atoms with E-state index in [1.807, 2.05) is 12.1 Å². The molecule has 0 bridgehead atoms. The summed E-state index contributed by atoms with van der Waals surface area (Å²) in [6.07, 6.45) is 0.396. The first-order chi connectivity index (χ1) is 12.5. The van der Waals surface area contributed by atoms with Crippen molar-refractivity contribution in [1.29, 1.82) is 0 Å². The molecule has 2 aromatic rings. The first-order valence-electron chi connectivity index (χ1n) is 8.07. The number of carboxylic acids is 1. The van der Waals surface area contributed by atoms with Crippen LogP contribution in [0.2, 0.25) is 0 Å². The third-order valence-electron chi connectivity index (χ3n) is 3.46. The number of carboxylic acid groups (broad SMARTS) is 1. The number of thioether (sulfide) groups is 1. The molecule has 3 N–H and O–H groups in total. The molecule has 0 aliphatic rings. The molecule has 2 amide bonds. The number of benzene rings is 2. The molecule has 0 atom stereocenters. The minimum absolute atomic E-state index is 0.0627. The monoisotopic (exact) mass is 372 g/mol. The van der Waals surface area contributed by atoms with Gasteiger partial charge >= 0.3 is 5.97 Å². The molecule has 0 radical (unpaired) electrons.